The zero-order valence-corrected chi connectivity index (χ0v) is 20.7. The molecule has 182 valence electrons. The molecule has 0 spiro atoms. The lowest BCUT2D eigenvalue weighted by Gasteiger charge is -2.19. The van der Waals surface area contributed by atoms with Crippen molar-refractivity contribution in [2.45, 2.75) is 32.8 Å². The lowest BCUT2D eigenvalue weighted by atomic mass is 10.1. The highest BCUT2D eigenvalue weighted by molar-refractivity contribution is 5.71. The largest absolute Gasteiger partial charge is 0.507 e. The Morgan fingerprint density at radius 1 is 0.943 bits per heavy atom. The molecule has 3 aromatic rings. The van der Waals surface area contributed by atoms with Crippen LogP contribution in [0.3, 0.4) is 0 Å². The highest BCUT2D eigenvalue weighted by Gasteiger charge is 2.16. The molecule has 0 saturated carbocycles. The second kappa shape index (κ2) is 13.6. The van der Waals surface area contributed by atoms with Crippen molar-refractivity contribution in [3.8, 4) is 11.5 Å². The van der Waals surface area contributed by atoms with Crippen LogP contribution < -0.4 is 4.74 Å². The minimum atomic E-state index is -0.479. The maximum Gasteiger partial charge on any atom is 0.344 e. The summed E-state index contributed by atoms with van der Waals surface area (Å²) in [5.74, 6) is 0.555. The number of hydrogen-bond donors (Lipinski definition) is 1. The summed E-state index contributed by atoms with van der Waals surface area (Å²) in [4.78, 5) is 11.4. The molecule has 0 bridgehead atoms. The van der Waals surface area contributed by atoms with Gasteiger partial charge in [-0.05, 0) is 62.1 Å². The van der Waals surface area contributed by atoms with E-state index in [0.29, 0.717) is 5.75 Å². The van der Waals surface area contributed by atoms with Crippen molar-refractivity contribution in [1.82, 2.24) is 0 Å². The van der Waals surface area contributed by atoms with Crippen LogP contribution in [0.5, 0.6) is 11.5 Å². The van der Waals surface area contributed by atoms with E-state index in [9.17, 15) is 4.79 Å². The third-order valence-electron chi connectivity index (χ3n) is 4.74. The molecular formula is C31H34O4. The highest BCUT2D eigenvalue weighted by Crippen LogP contribution is 2.18. The molecule has 1 aliphatic rings. The standard InChI is InChI=1S/C14H18O3.C9H8.C8H8O/c1-5-11-6-8-12(9-7-11)16-10-13(15)17-14(2,3)4;1-2-5-9-7-3-6-8(9)4-1;1-2-7-5-3-4-6-8(7)9/h5-9H,1,10H2,2-4H3;1-6H,7H2;2-6,9H,1H2. The first-order valence-electron chi connectivity index (χ1n) is 11.4. The Balaban J connectivity index is 0.000000201. The predicted molar refractivity (Wildman–Crippen MR) is 145 cm³/mol. The van der Waals surface area contributed by atoms with Crippen molar-refractivity contribution >= 4 is 24.2 Å². The average molecular weight is 471 g/mol. The molecule has 35 heavy (non-hydrogen) atoms. The van der Waals surface area contributed by atoms with E-state index in [1.807, 2.05) is 45.0 Å². The number of allylic oxidation sites excluding steroid dienone is 1. The van der Waals surface area contributed by atoms with E-state index < -0.39 is 5.60 Å². The first kappa shape index (κ1) is 27.2. The summed E-state index contributed by atoms with van der Waals surface area (Å²) in [6.45, 7) is 12.6. The van der Waals surface area contributed by atoms with Gasteiger partial charge in [0.2, 0.25) is 0 Å². The van der Waals surface area contributed by atoms with Crippen LogP contribution in [-0.2, 0) is 16.0 Å². The van der Waals surface area contributed by atoms with Gasteiger partial charge in [-0.15, -0.1) is 0 Å². The van der Waals surface area contributed by atoms with E-state index in [2.05, 4.69) is 49.6 Å². The molecule has 1 aliphatic carbocycles. The van der Waals surface area contributed by atoms with Gasteiger partial charge in [0.1, 0.15) is 17.1 Å². The monoisotopic (exact) mass is 470 g/mol. The smallest absolute Gasteiger partial charge is 0.344 e. The Hall–Kier alpha value is -4.05. The maximum atomic E-state index is 11.4. The third kappa shape index (κ3) is 10.2. The van der Waals surface area contributed by atoms with Gasteiger partial charge in [0.15, 0.2) is 6.61 Å². The van der Waals surface area contributed by atoms with Crippen LogP contribution in [0.15, 0.2) is 92.0 Å². The summed E-state index contributed by atoms with van der Waals surface area (Å²) in [7, 11) is 0. The van der Waals surface area contributed by atoms with Crippen LogP contribution in [-0.4, -0.2) is 23.3 Å². The predicted octanol–water partition coefficient (Wildman–Crippen LogP) is 7.34. The van der Waals surface area contributed by atoms with E-state index >= 15 is 0 Å². The Kier molecular flexibility index (Phi) is 10.6. The second-order valence-electron chi connectivity index (χ2n) is 8.72. The fraction of sp³-hybridized carbons (Fsp3) is 0.194. The Morgan fingerprint density at radius 2 is 1.60 bits per heavy atom. The van der Waals surface area contributed by atoms with Crippen LogP contribution >= 0.6 is 0 Å². The number of benzene rings is 3. The molecule has 0 amide bonds. The molecular weight excluding hydrogens is 436 g/mol. The Bertz CT molecular complexity index is 1130. The maximum absolute atomic E-state index is 11.4. The number of aromatic hydroxyl groups is 1. The first-order chi connectivity index (χ1) is 16.7. The van der Waals surface area contributed by atoms with Gasteiger partial charge in [-0.1, -0.05) is 92.1 Å². The molecule has 3 aromatic carbocycles. The molecule has 0 saturated heterocycles. The van der Waals surface area contributed by atoms with Gasteiger partial charge < -0.3 is 14.6 Å². The molecule has 0 fully saturated rings. The van der Waals surface area contributed by atoms with Crippen molar-refractivity contribution in [1.29, 1.82) is 0 Å². The van der Waals surface area contributed by atoms with Crippen molar-refractivity contribution in [3.05, 3.63) is 114 Å². The zero-order valence-electron chi connectivity index (χ0n) is 20.7. The number of esters is 1. The molecule has 0 heterocycles. The molecule has 0 aromatic heterocycles. The number of hydrogen-bond acceptors (Lipinski definition) is 4. The van der Waals surface area contributed by atoms with E-state index in [1.54, 1.807) is 36.4 Å². The molecule has 4 heteroatoms. The number of carbonyl (C=O) groups excluding carboxylic acids is 1. The highest BCUT2D eigenvalue weighted by atomic mass is 16.6. The summed E-state index contributed by atoms with van der Waals surface area (Å²) >= 11 is 0. The third-order valence-corrected chi connectivity index (χ3v) is 4.74. The van der Waals surface area contributed by atoms with Gasteiger partial charge in [-0.2, -0.15) is 0 Å². The summed E-state index contributed by atoms with van der Waals surface area (Å²) < 4.78 is 10.4. The lowest BCUT2D eigenvalue weighted by molar-refractivity contribution is -0.157. The van der Waals surface area contributed by atoms with Gasteiger partial charge in [0.05, 0.1) is 0 Å². The number of para-hydroxylation sites is 1. The van der Waals surface area contributed by atoms with E-state index in [4.69, 9.17) is 14.6 Å². The lowest BCUT2D eigenvalue weighted by Crippen LogP contribution is -2.27. The molecule has 0 aliphatic heterocycles. The van der Waals surface area contributed by atoms with E-state index in [1.165, 1.54) is 11.1 Å². The van der Waals surface area contributed by atoms with E-state index in [0.717, 1.165) is 17.5 Å². The molecule has 4 nitrogen and oxygen atoms in total. The normalized spacial score (nSPS) is 11.1. The van der Waals surface area contributed by atoms with E-state index in [-0.39, 0.29) is 18.3 Å². The molecule has 0 atom stereocenters. The van der Waals surface area contributed by atoms with Crippen molar-refractivity contribution in [3.63, 3.8) is 0 Å². The first-order valence-corrected chi connectivity index (χ1v) is 11.4. The van der Waals surface area contributed by atoms with Gasteiger partial charge in [-0.25, -0.2) is 4.79 Å². The number of rotatable bonds is 5. The number of ether oxygens (including phenoxy) is 2. The van der Waals surface area contributed by atoms with Crippen LogP contribution in [0.25, 0.3) is 18.2 Å². The number of phenolic OH excluding ortho intramolecular Hbond substituents is 1. The minimum absolute atomic E-state index is 0.0787. The van der Waals surface area contributed by atoms with Gasteiger partial charge in [-0.3, -0.25) is 0 Å². The van der Waals surface area contributed by atoms with Crippen molar-refractivity contribution in [2.24, 2.45) is 0 Å². The van der Waals surface area contributed by atoms with Gasteiger partial charge >= 0.3 is 5.97 Å². The van der Waals surface area contributed by atoms with Crippen LogP contribution in [0.2, 0.25) is 0 Å². The Morgan fingerprint density at radius 3 is 2.17 bits per heavy atom. The fourth-order valence-electron chi connectivity index (χ4n) is 3.07. The van der Waals surface area contributed by atoms with Crippen LogP contribution in [0, 0.1) is 0 Å². The summed E-state index contributed by atoms with van der Waals surface area (Å²) in [5.41, 5.74) is 4.15. The molecule has 1 N–H and O–H groups in total. The minimum Gasteiger partial charge on any atom is -0.507 e. The fourth-order valence-corrected chi connectivity index (χ4v) is 3.07. The summed E-state index contributed by atoms with van der Waals surface area (Å²) in [5, 5.41) is 9.04. The van der Waals surface area contributed by atoms with Gasteiger partial charge in [0, 0.05) is 5.56 Å². The van der Waals surface area contributed by atoms with Gasteiger partial charge in [0.25, 0.3) is 0 Å². The number of carbonyl (C=O) groups is 1. The summed E-state index contributed by atoms with van der Waals surface area (Å²) in [6, 6.07) is 22.9. The number of phenols is 1. The average Bonchev–Trinajstić information content (AvgIpc) is 3.32. The quantitative estimate of drug-likeness (QED) is 0.396. The summed E-state index contributed by atoms with van der Waals surface area (Å²) in [6.07, 6.45) is 8.86. The molecule has 0 radical (unpaired) electrons. The van der Waals surface area contributed by atoms with Crippen molar-refractivity contribution in [2.75, 3.05) is 6.61 Å². The molecule has 0 unspecified atom stereocenters. The SMILES string of the molecule is C1=Cc2ccccc2C1.C=Cc1ccc(OCC(=O)OC(C)(C)C)cc1.C=Cc1ccccc1O. The van der Waals surface area contributed by atoms with Crippen LogP contribution in [0.4, 0.5) is 0 Å². The van der Waals surface area contributed by atoms with Crippen LogP contribution in [0.1, 0.15) is 43.0 Å². The Labute approximate surface area is 208 Å². The second-order valence-corrected chi connectivity index (χ2v) is 8.72. The number of fused-ring (bicyclic) bond motifs is 1. The molecule has 4 rings (SSSR count). The topological polar surface area (TPSA) is 55.8 Å². The van der Waals surface area contributed by atoms with Crippen molar-refractivity contribution < 1.29 is 19.4 Å². The zero-order chi connectivity index (χ0) is 25.7.